The second-order valence-electron chi connectivity index (χ2n) is 5.53. The van der Waals surface area contributed by atoms with E-state index in [1.807, 2.05) is 13.8 Å². The standard InChI is InChI=1S/C17H17ClFN3O2/c1-10(2)15(13-5-3-4-8-20-13)22-17(24)16(23)21-14-9-11(19)6-7-12(14)18/h3-10,15H,1-2H3,(H,21,23)(H,22,24)/t15-/m1/s1. The maximum atomic E-state index is 13.2. The Morgan fingerprint density at radius 1 is 1.17 bits per heavy atom. The quantitative estimate of drug-likeness (QED) is 0.832. The number of halogens is 2. The van der Waals surface area contributed by atoms with E-state index in [9.17, 15) is 14.0 Å². The molecule has 0 unspecified atom stereocenters. The minimum Gasteiger partial charge on any atom is -0.339 e. The number of pyridine rings is 1. The van der Waals surface area contributed by atoms with E-state index in [1.54, 1.807) is 24.4 Å². The van der Waals surface area contributed by atoms with Crippen LogP contribution < -0.4 is 10.6 Å². The van der Waals surface area contributed by atoms with Gasteiger partial charge in [0.1, 0.15) is 5.82 Å². The molecule has 2 N–H and O–H groups in total. The largest absolute Gasteiger partial charge is 0.339 e. The summed E-state index contributed by atoms with van der Waals surface area (Å²) in [4.78, 5) is 28.4. The SMILES string of the molecule is CC(C)[C@@H](NC(=O)C(=O)Nc1cc(F)ccc1Cl)c1ccccn1. The normalized spacial score (nSPS) is 11.9. The summed E-state index contributed by atoms with van der Waals surface area (Å²) in [5.74, 6) is -2.32. The Bertz CT molecular complexity index is 738. The third-order valence-corrected chi connectivity index (χ3v) is 3.67. The predicted molar refractivity (Wildman–Crippen MR) is 90.0 cm³/mol. The van der Waals surface area contributed by atoms with Gasteiger partial charge in [-0.05, 0) is 36.2 Å². The van der Waals surface area contributed by atoms with Gasteiger partial charge >= 0.3 is 11.8 Å². The highest BCUT2D eigenvalue weighted by Crippen LogP contribution is 2.23. The summed E-state index contributed by atoms with van der Waals surface area (Å²) in [5, 5.41) is 5.08. The summed E-state index contributed by atoms with van der Waals surface area (Å²) >= 11 is 5.87. The first-order valence-corrected chi connectivity index (χ1v) is 7.74. The zero-order valence-electron chi connectivity index (χ0n) is 13.2. The molecule has 7 heteroatoms. The maximum absolute atomic E-state index is 13.2. The van der Waals surface area contributed by atoms with Gasteiger partial charge in [0.15, 0.2) is 0 Å². The van der Waals surface area contributed by atoms with E-state index in [2.05, 4.69) is 15.6 Å². The van der Waals surface area contributed by atoms with Gasteiger partial charge in [-0.2, -0.15) is 0 Å². The molecule has 0 saturated carbocycles. The molecule has 0 bridgehead atoms. The first kappa shape index (κ1) is 17.9. The molecular formula is C17H17ClFN3O2. The number of rotatable bonds is 4. The van der Waals surface area contributed by atoms with Gasteiger partial charge in [0, 0.05) is 6.20 Å². The number of aromatic nitrogens is 1. The number of benzene rings is 1. The molecule has 1 atom stereocenters. The molecule has 5 nitrogen and oxygen atoms in total. The number of carbonyl (C=O) groups is 2. The second kappa shape index (κ2) is 7.88. The van der Waals surface area contributed by atoms with Crippen molar-refractivity contribution in [1.82, 2.24) is 10.3 Å². The van der Waals surface area contributed by atoms with E-state index < -0.39 is 23.7 Å². The lowest BCUT2D eigenvalue weighted by Crippen LogP contribution is -2.39. The molecule has 24 heavy (non-hydrogen) atoms. The second-order valence-corrected chi connectivity index (χ2v) is 5.94. The first-order valence-electron chi connectivity index (χ1n) is 7.36. The third-order valence-electron chi connectivity index (χ3n) is 3.34. The lowest BCUT2D eigenvalue weighted by Gasteiger charge is -2.21. The maximum Gasteiger partial charge on any atom is 0.313 e. The topological polar surface area (TPSA) is 71.1 Å². The van der Waals surface area contributed by atoms with Crippen LogP contribution in [0.1, 0.15) is 25.6 Å². The summed E-state index contributed by atoms with van der Waals surface area (Å²) in [6, 6.07) is 8.42. The van der Waals surface area contributed by atoms with Crippen LogP contribution in [-0.2, 0) is 9.59 Å². The average molecular weight is 350 g/mol. The molecule has 0 spiro atoms. The van der Waals surface area contributed by atoms with E-state index in [1.165, 1.54) is 6.07 Å². The summed E-state index contributed by atoms with van der Waals surface area (Å²) < 4.78 is 13.2. The number of amides is 2. The minimum atomic E-state index is -0.927. The zero-order chi connectivity index (χ0) is 17.7. The van der Waals surface area contributed by atoms with Gasteiger partial charge in [-0.1, -0.05) is 31.5 Å². The molecule has 2 aromatic rings. The van der Waals surface area contributed by atoms with Crippen LogP contribution in [0.4, 0.5) is 10.1 Å². The van der Waals surface area contributed by atoms with Crippen LogP contribution in [0.15, 0.2) is 42.6 Å². The van der Waals surface area contributed by atoms with Crippen LogP contribution in [0, 0.1) is 11.7 Å². The molecule has 0 aliphatic heterocycles. The van der Waals surface area contributed by atoms with Crippen LogP contribution in [0.25, 0.3) is 0 Å². The molecule has 126 valence electrons. The number of nitrogens with zero attached hydrogens (tertiary/aromatic N) is 1. The van der Waals surface area contributed by atoms with Gasteiger partial charge in [0.25, 0.3) is 0 Å². The highest BCUT2D eigenvalue weighted by molar-refractivity contribution is 6.41. The van der Waals surface area contributed by atoms with Gasteiger partial charge in [0.05, 0.1) is 22.4 Å². The highest BCUT2D eigenvalue weighted by atomic mass is 35.5. The van der Waals surface area contributed by atoms with Gasteiger partial charge in [-0.15, -0.1) is 0 Å². The van der Waals surface area contributed by atoms with Gasteiger partial charge in [0.2, 0.25) is 0 Å². The van der Waals surface area contributed by atoms with Crippen molar-refractivity contribution in [1.29, 1.82) is 0 Å². The van der Waals surface area contributed by atoms with E-state index >= 15 is 0 Å². The summed E-state index contributed by atoms with van der Waals surface area (Å²) in [7, 11) is 0. The highest BCUT2D eigenvalue weighted by Gasteiger charge is 2.23. The summed E-state index contributed by atoms with van der Waals surface area (Å²) in [5.41, 5.74) is 0.688. The van der Waals surface area contributed by atoms with Crippen molar-refractivity contribution in [2.75, 3.05) is 5.32 Å². The number of hydrogen-bond donors (Lipinski definition) is 2. The Kier molecular flexibility index (Phi) is 5.87. The Hall–Kier alpha value is -2.47. The van der Waals surface area contributed by atoms with E-state index in [0.717, 1.165) is 12.1 Å². The molecule has 1 aromatic carbocycles. The fraction of sp³-hybridized carbons (Fsp3) is 0.235. The molecular weight excluding hydrogens is 333 g/mol. The molecule has 1 heterocycles. The van der Waals surface area contributed by atoms with Crippen molar-refractivity contribution < 1.29 is 14.0 Å². The summed E-state index contributed by atoms with van der Waals surface area (Å²) in [6.07, 6.45) is 1.61. The van der Waals surface area contributed by atoms with Gasteiger partial charge < -0.3 is 10.6 Å². The van der Waals surface area contributed by atoms with Crippen LogP contribution in [-0.4, -0.2) is 16.8 Å². The van der Waals surface area contributed by atoms with Crippen LogP contribution >= 0.6 is 11.6 Å². The van der Waals surface area contributed by atoms with Crippen molar-refractivity contribution in [3.63, 3.8) is 0 Å². The molecule has 0 aliphatic carbocycles. The van der Waals surface area contributed by atoms with Gasteiger partial charge in [-0.25, -0.2) is 4.39 Å². The average Bonchev–Trinajstić information content (AvgIpc) is 2.56. The monoisotopic (exact) mass is 349 g/mol. The fourth-order valence-electron chi connectivity index (χ4n) is 2.12. The van der Waals surface area contributed by atoms with E-state index in [0.29, 0.717) is 5.69 Å². The van der Waals surface area contributed by atoms with Crippen molar-refractivity contribution in [2.24, 2.45) is 5.92 Å². The Morgan fingerprint density at radius 2 is 1.92 bits per heavy atom. The molecule has 0 fully saturated rings. The van der Waals surface area contributed by atoms with Crippen molar-refractivity contribution in [3.8, 4) is 0 Å². The van der Waals surface area contributed by atoms with Crippen LogP contribution in [0.5, 0.6) is 0 Å². The zero-order valence-corrected chi connectivity index (χ0v) is 14.0. The predicted octanol–water partition coefficient (Wildman–Crippen LogP) is 3.33. The Balaban J connectivity index is 2.09. The number of nitrogens with one attached hydrogen (secondary N) is 2. The Labute approximate surface area is 144 Å². The van der Waals surface area contributed by atoms with Crippen molar-refractivity contribution in [3.05, 3.63) is 59.1 Å². The lowest BCUT2D eigenvalue weighted by molar-refractivity contribution is -0.136. The van der Waals surface area contributed by atoms with Crippen molar-refractivity contribution >= 4 is 29.1 Å². The van der Waals surface area contributed by atoms with Crippen molar-refractivity contribution in [2.45, 2.75) is 19.9 Å². The first-order chi connectivity index (χ1) is 11.4. The molecule has 2 amide bonds. The van der Waals surface area contributed by atoms with E-state index in [-0.39, 0.29) is 16.6 Å². The fourth-order valence-corrected chi connectivity index (χ4v) is 2.29. The number of hydrogen-bond acceptors (Lipinski definition) is 3. The molecule has 0 radical (unpaired) electrons. The minimum absolute atomic E-state index is 0.0226. The lowest BCUT2D eigenvalue weighted by atomic mass is 10.0. The third kappa shape index (κ3) is 4.52. The summed E-state index contributed by atoms with van der Waals surface area (Å²) in [6.45, 7) is 3.81. The van der Waals surface area contributed by atoms with Crippen LogP contribution in [0.3, 0.4) is 0 Å². The number of carbonyl (C=O) groups excluding carboxylic acids is 2. The molecule has 0 aliphatic rings. The van der Waals surface area contributed by atoms with E-state index in [4.69, 9.17) is 11.6 Å². The molecule has 0 saturated heterocycles. The molecule has 1 aromatic heterocycles. The number of anilines is 1. The smallest absolute Gasteiger partial charge is 0.313 e. The van der Waals surface area contributed by atoms with Crippen LogP contribution in [0.2, 0.25) is 5.02 Å². The Morgan fingerprint density at radius 3 is 2.54 bits per heavy atom. The molecule has 2 rings (SSSR count). The van der Waals surface area contributed by atoms with Gasteiger partial charge in [-0.3, -0.25) is 14.6 Å².